The lowest BCUT2D eigenvalue weighted by Gasteiger charge is -1.97. The first-order valence-electron chi connectivity index (χ1n) is 3.28. The van der Waals surface area contributed by atoms with Crippen molar-refractivity contribution < 1.29 is 9.52 Å². The Bertz CT molecular complexity index is 375. The van der Waals surface area contributed by atoms with Gasteiger partial charge in [-0.15, -0.1) is 0 Å². The fourth-order valence-corrected chi connectivity index (χ4v) is 1.12. The summed E-state index contributed by atoms with van der Waals surface area (Å²) >= 11 is 0. The lowest BCUT2D eigenvalue weighted by molar-refractivity contribution is 0.464. The molecule has 2 heterocycles. The van der Waals surface area contributed by atoms with Crippen LogP contribution >= 0.6 is 0 Å². The van der Waals surface area contributed by atoms with Gasteiger partial charge >= 0.3 is 0 Å². The van der Waals surface area contributed by atoms with E-state index in [4.69, 9.17) is 4.42 Å². The lowest BCUT2D eigenvalue weighted by atomic mass is 10.5. The van der Waals surface area contributed by atoms with E-state index in [-0.39, 0.29) is 5.75 Å². The number of aromatic hydroxyl groups is 1. The average molecular weight is 152 g/mol. The molecule has 0 aliphatic rings. The summed E-state index contributed by atoms with van der Waals surface area (Å²) in [7, 11) is 1.77. The quantitative estimate of drug-likeness (QED) is 0.643. The van der Waals surface area contributed by atoms with E-state index in [1.807, 2.05) is 0 Å². The van der Waals surface area contributed by atoms with E-state index >= 15 is 0 Å². The highest BCUT2D eigenvalue weighted by atomic mass is 16.3. The molecular weight excluding hydrogens is 144 g/mol. The summed E-state index contributed by atoms with van der Waals surface area (Å²) in [5.41, 5.74) is 4.22. The predicted octanol–water partition coefficient (Wildman–Crippen LogP) is 1.11. The van der Waals surface area contributed by atoms with Gasteiger partial charge in [0.05, 0.1) is 12.5 Å². The Balaban J connectivity index is 2.80. The summed E-state index contributed by atoms with van der Waals surface area (Å²) < 4.78 is 6.71. The van der Waals surface area contributed by atoms with Gasteiger partial charge in [-0.1, -0.05) is 0 Å². The predicted molar refractivity (Wildman–Crippen MR) is 41.2 cm³/mol. The third kappa shape index (κ3) is 0.690. The van der Waals surface area contributed by atoms with Crippen molar-refractivity contribution in [2.24, 2.45) is 0 Å². The molecule has 0 amide bonds. The third-order valence-corrected chi connectivity index (χ3v) is 1.63. The maximum Gasteiger partial charge on any atom is 0.195 e. The summed E-state index contributed by atoms with van der Waals surface area (Å²) in [6.45, 7) is 0. The Labute approximate surface area is 63.0 Å². The summed E-state index contributed by atoms with van der Waals surface area (Å²) in [5.74, 6) is 0.152. The number of nitrogens with zero attached hydrogens (tertiary/aromatic N) is 1. The first-order chi connectivity index (χ1) is 5.33. The zero-order valence-electron chi connectivity index (χ0n) is 6.03. The van der Waals surface area contributed by atoms with E-state index in [1.54, 1.807) is 24.0 Å². The molecule has 0 radical (unpaired) electrons. The van der Waals surface area contributed by atoms with Crippen LogP contribution in [0.5, 0.6) is 5.75 Å². The van der Waals surface area contributed by atoms with Gasteiger partial charge in [0.15, 0.2) is 11.3 Å². The smallest absolute Gasteiger partial charge is 0.195 e. The van der Waals surface area contributed by atoms with Crippen LogP contribution in [0.25, 0.3) is 11.1 Å². The van der Waals surface area contributed by atoms with Crippen LogP contribution in [0.2, 0.25) is 0 Å². The molecule has 4 heteroatoms. The molecule has 2 aromatic heterocycles. The second-order valence-corrected chi connectivity index (χ2v) is 2.24. The summed E-state index contributed by atoms with van der Waals surface area (Å²) in [4.78, 5) is 0. The second-order valence-electron chi connectivity index (χ2n) is 2.24. The highest BCUT2D eigenvalue weighted by Gasteiger charge is 2.08. The molecular formula is C7H8N2O2. The Morgan fingerprint density at radius 1 is 1.64 bits per heavy atom. The number of aromatic nitrogens is 1. The van der Waals surface area contributed by atoms with E-state index in [0.29, 0.717) is 5.58 Å². The van der Waals surface area contributed by atoms with E-state index in [2.05, 4.69) is 5.43 Å². The zero-order chi connectivity index (χ0) is 7.84. The van der Waals surface area contributed by atoms with Crippen molar-refractivity contribution in [2.45, 2.75) is 0 Å². The molecule has 0 saturated carbocycles. The van der Waals surface area contributed by atoms with Crippen LogP contribution in [-0.2, 0) is 0 Å². The maximum absolute atomic E-state index is 9.26. The molecule has 2 aromatic rings. The van der Waals surface area contributed by atoms with E-state index in [0.717, 1.165) is 5.52 Å². The Morgan fingerprint density at radius 2 is 2.45 bits per heavy atom. The van der Waals surface area contributed by atoms with E-state index < -0.39 is 0 Å². The summed E-state index contributed by atoms with van der Waals surface area (Å²) in [5, 5.41) is 9.26. The highest BCUT2D eigenvalue weighted by molar-refractivity contribution is 5.80. The first-order valence-corrected chi connectivity index (χ1v) is 3.28. The molecule has 0 saturated heterocycles. The molecule has 0 bridgehead atoms. The molecule has 0 aromatic carbocycles. The van der Waals surface area contributed by atoms with E-state index in [1.165, 1.54) is 6.26 Å². The molecule has 0 spiro atoms. The van der Waals surface area contributed by atoms with Crippen LogP contribution in [0.1, 0.15) is 0 Å². The van der Waals surface area contributed by atoms with Crippen molar-refractivity contribution in [1.29, 1.82) is 0 Å². The van der Waals surface area contributed by atoms with Gasteiger partial charge in [0.2, 0.25) is 0 Å². The van der Waals surface area contributed by atoms with Crippen LogP contribution < -0.4 is 5.43 Å². The van der Waals surface area contributed by atoms with Crippen molar-refractivity contribution in [1.82, 2.24) is 4.68 Å². The summed E-state index contributed by atoms with van der Waals surface area (Å²) in [6.07, 6.45) is 3.10. The van der Waals surface area contributed by atoms with Crippen LogP contribution in [-0.4, -0.2) is 16.8 Å². The van der Waals surface area contributed by atoms with Gasteiger partial charge in [0.1, 0.15) is 5.52 Å². The monoisotopic (exact) mass is 152 g/mol. The molecule has 0 aliphatic heterocycles. The van der Waals surface area contributed by atoms with Crippen molar-refractivity contribution >= 4 is 11.1 Å². The van der Waals surface area contributed by atoms with Crippen molar-refractivity contribution in [3.8, 4) is 5.75 Å². The number of hydrogen-bond acceptors (Lipinski definition) is 3. The normalized spacial score (nSPS) is 10.6. The van der Waals surface area contributed by atoms with Crippen LogP contribution in [0.15, 0.2) is 22.9 Å². The van der Waals surface area contributed by atoms with Gasteiger partial charge < -0.3 is 14.9 Å². The van der Waals surface area contributed by atoms with Gasteiger partial charge in [-0.3, -0.25) is 4.68 Å². The number of fused-ring (bicyclic) bond motifs is 1. The second kappa shape index (κ2) is 1.95. The van der Waals surface area contributed by atoms with Gasteiger partial charge in [-0.2, -0.15) is 0 Å². The van der Waals surface area contributed by atoms with Crippen LogP contribution in [0.3, 0.4) is 0 Å². The van der Waals surface area contributed by atoms with Gasteiger partial charge in [-0.25, -0.2) is 0 Å². The number of hydrogen-bond donors (Lipinski definition) is 2. The number of rotatable bonds is 1. The zero-order valence-corrected chi connectivity index (χ0v) is 6.03. The summed E-state index contributed by atoms with van der Waals surface area (Å²) in [6, 6.07) is 1.78. The standard InChI is InChI=1S/C7H8N2O2/c1-8-9-4-6(10)7-5(9)2-3-11-7/h2-4,8,10H,1H3. The van der Waals surface area contributed by atoms with Crippen molar-refractivity contribution in [3.63, 3.8) is 0 Å². The molecule has 0 unspecified atom stereocenters. The fraction of sp³-hybridized carbons (Fsp3) is 0.143. The fourth-order valence-electron chi connectivity index (χ4n) is 1.12. The lowest BCUT2D eigenvalue weighted by Crippen LogP contribution is -2.05. The highest BCUT2D eigenvalue weighted by Crippen LogP contribution is 2.26. The minimum Gasteiger partial charge on any atom is -0.503 e. The maximum atomic E-state index is 9.26. The molecule has 0 atom stereocenters. The molecule has 0 aliphatic carbocycles. The number of nitrogens with one attached hydrogen (secondary N) is 1. The Kier molecular flexibility index (Phi) is 1.09. The minimum atomic E-state index is 0.152. The Hall–Kier alpha value is -1.58. The third-order valence-electron chi connectivity index (χ3n) is 1.63. The van der Waals surface area contributed by atoms with Crippen LogP contribution in [0, 0.1) is 0 Å². The van der Waals surface area contributed by atoms with Gasteiger partial charge in [0, 0.05) is 13.1 Å². The van der Waals surface area contributed by atoms with Gasteiger partial charge in [-0.05, 0) is 0 Å². The minimum absolute atomic E-state index is 0.152. The van der Waals surface area contributed by atoms with Crippen LogP contribution in [0.4, 0.5) is 0 Å². The Morgan fingerprint density at radius 3 is 3.18 bits per heavy atom. The molecule has 0 fully saturated rings. The SMILES string of the molecule is CNn1cc(O)c2occc21. The van der Waals surface area contributed by atoms with E-state index in [9.17, 15) is 5.11 Å². The molecule has 4 nitrogen and oxygen atoms in total. The number of furan rings is 1. The molecule has 2 N–H and O–H groups in total. The average Bonchev–Trinajstić information content (AvgIpc) is 2.54. The largest absolute Gasteiger partial charge is 0.503 e. The van der Waals surface area contributed by atoms with Crippen molar-refractivity contribution in [2.75, 3.05) is 12.5 Å². The molecule has 11 heavy (non-hydrogen) atoms. The topological polar surface area (TPSA) is 50.3 Å². The first kappa shape index (κ1) is 6.15. The van der Waals surface area contributed by atoms with Crippen molar-refractivity contribution in [3.05, 3.63) is 18.5 Å². The molecule has 58 valence electrons. The molecule has 2 rings (SSSR count). The van der Waals surface area contributed by atoms with Gasteiger partial charge in [0.25, 0.3) is 0 Å².